The quantitative estimate of drug-likeness (QED) is 0.706. The molecule has 0 aliphatic rings. The van der Waals surface area contributed by atoms with Crippen LogP contribution in [0.5, 0.6) is 0 Å². The molecular formula is C17H16ClN5O3. The minimum atomic E-state index is -1.05. The number of fused-ring (bicyclic) bond motifs is 1. The zero-order valence-electron chi connectivity index (χ0n) is 14.4. The number of hydrogen-bond donors (Lipinski definition) is 1. The van der Waals surface area contributed by atoms with Crippen LogP contribution in [0, 0.1) is 13.8 Å². The van der Waals surface area contributed by atoms with E-state index in [-0.39, 0.29) is 5.82 Å². The number of nitrogens with one attached hydrogen (secondary N) is 1. The van der Waals surface area contributed by atoms with Crippen molar-refractivity contribution in [3.8, 4) is 0 Å². The molecule has 3 aromatic rings. The molecule has 0 radical (unpaired) electrons. The number of aromatic nitrogens is 4. The smallest absolute Gasteiger partial charge is 0.379 e. The fourth-order valence-electron chi connectivity index (χ4n) is 2.32. The van der Waals surface area contributed by atoms with E-state index < -0.39 is 18.0 Å². The summed E-state index contributed by atoms with van der Waals surface area (Å²) in [5.74, 6) is -1.19. The molecule has 2 aromatic heterocycles. The van der Waals surface area contributed by atoms with Gasteiger partial charge in [-0.05, 0) is 39.0 Å². The van der Waals surface area contributed by atoms with Crippen LogP contribution >= 0.6 is 11.6 Å². The molecule has 26 heavy (non-hydrogen) atoms. The van der Waals surface area contributed by atoms with Gasteiger partial charge in [-0.1, -0.05) is 23.7 Å². The molecule has 3 rings (SSSR count). The van der Waals surface area contributed by atoms with Crippen LogP contribution < -0.4 is 5.32 Å². The molecule has 0 fully saturated rings. The monoisotopic (exact) mass is 373 g/mol. The number of hydrogen-bond acceptors (Lipinski definition) is 6. The molecule has 1 atom stereocenters. The van der Waals surface area contributed by atoms with Crippen molar-refractivity contribution < 1.29 is 14.3 Å². The summed E-state index contributed by atoms with van der Waals surface area (Å²) in [7, 11) is 0. The highest BCUT2D eigenvalue weighted by Crippen LogP contribution is 2.20. The average molecular weight is 374 g/mol. The third kappa shape index (κ3) is 3.65. The Hall–Kier alpha value is -3.00. The van der Waals surface area contributed by atoms with Gasteiger partial charge in [0, 0.05) is 11.4 Å². The highest BCUT2D eigenvalue weighted by Gasteiger charge is 2.23. The summed E-state index contributed by atoms with van der Waals surface area (Å²) in [6, 6.07) is 8.59. The van der Waals surface area contributed by atoms with E-state index in [1.807, 2.05) is 19.9 Å². The van der Waals surface area contributed by atoms with Gasteiger partial charge in [-0.2, -0.15) is 4.98 Å². The van der Waals surface area contributed by atoms with Gasteiger partial charge in [-0.25, -0.2) is 14.3 Å². The van der Waals surface area contributed by atoms with Gasteiger partial charge in [0.25, 0.3) is 17.5 Å². The summed E-state index contributed by atoms with van der Waals surface area (Å²) in [6.45, 7) is 5.10. The Balaban J connectivity index is 1.72. The molecule has 0 saturated carbocycles. The molecule has 1 unspecified atom stereocenters. The summed E-state index contributed by atoms with van der Waals surface area (Å²) in [6.07, 6.45) is -1.05. The van der Waals surface area contributed by atoms with Crippen molar-refractivity contribution in [2.45, 2.75) is 26.9 Å². The van der Waals surface area contributed by atoms with Crippen LogP contribution in [0.2, 0.25) is 5.02 Å². The van der Waals surface area contributed by atoms with E-state index in [0.717, 1.165) is 11.4 Å². The zero-order valence-corrected chi connectivity index (χ0v) is 15.1. The average Bonchev–Trinajstić information content (AvgIpc) is 3.01. The Morgan fingerprint density at radius 3 is 2.69 bits per heavy atom. The first kappa shape index (κ1) is 17.8. The van der Waals surface area contributed by atoms with E-state index in [1.54, 1.807) is 24.3 Å². The number of carbonyl (C=O) groups is 2. The maximum Gasteiger partial charge on any atom is 0.379 e. The van der Waals surface area contributed by atoms with Crippen LogP contribution in [0.25, 0.3) is 5.78 Å². The minimum Gasteiger partial charge on any atom is -0.447 e. The molecule has 2 heterocycles. The number of aryl methyl sites for hydroxylation is 2. The number of benzene rings is 1. The number of nitrogens with zero attached hydrogens (tertiary/aromatic N) is 4. The molecule has 134 valence electrons. The van der Waals surface area contributed by atoms with Crippen molar-refractivity contribution in [3.63, 3.8) is 0 Å². The van der Waals surface area contributed by atoms with E-state index in [0.29, 0.717) is 16.5 Å². The highest BCUT2D eigenvalue weighted by atomic mass is 35.5. The molecule has 1 N–H and O–H groups in total. The van der Waals surface area contributed by atoms with Crippen LogP contribution in [-0.2, 0) is 9.53 Å². The second-order valence-electron chi connectivity index (χ2n) is 5.70. The van der Waals surface area contributed by atoms with E-state index in [9.17, 15) is 9.59 Å². The van der Waals surface area contributed by atoms with Crippen LogP contribution in [0.1, 0.15) is 28.9 Å². The van der Waals surface area contributed by atoms with Gasteiger partial charge in [-0.15, -0.1) is 5.10 Å². The molecule has 1 amide bonds. The fraction of sp³-hybridized carbons (Fsp3) is 0.235. The van der Waals surface area contributed by atoms with Crippen molar-refractivity contribution in [2.24, 2.45) is 0 Å². The lowest BCUT2D eigenvalue weighted by molar-refractivity contribution is -0.123. The predicted molar refractivity (Wildman–Crippen MR) is 95.2 cm³/mol. The Bertz CT molecular complexity index is 1000. The number of esters is 1. The first-order valence-electron chi connectivity index (χ1n) is 7.82. The molecule has 0 saturated heterocycles. The van der Waals surface area contributed by atoms with Gasteiger partial charge < -0.3 is 10.1 Å². The van der Waals surface area contributed by atoms with Crippen molar-refractivity contribution in [1.29, 1.82) is 0 Å². The van der Waals surface area contributed by atoms with Crippen molar-refractivity contribution in [3.05, 3.63) is 52.6 Å². The maximum atomic E-state index is 12.3. The van der Waals surface area contributed by atoms with Crippen LogP contribution in [0.3, 0.4) is 0 Å². The molecule has 1 aromatic carbocycles. The number of carbonyl (C=O) groups excluding carboxylic acids is 2. The number of rotatable bonds is 4. The van der Waals surface area contributed by atoms with E-state index in [4.69, 9.17) is 16.3 Å². The van der Waals surface area contributed by atoms with Gasteiger partial charge in [-0.3, -0.25) is 4.79 Å². The second kappa shape index (κ2) is 7.09. The van der Waals surface area contributed by atoms with Gasteiger partial charge >= 0.3 is 5.97 Å². The summed E-state index contributed by atoms with van der Waals surface area (Å²) in [4.78, 5) is 32.7. The van der Waals surface area contributed by atoms with Crippen LogP contribution in [-0.4, -0.2) is 37.6 Å². The largest absolute Gasteiger partial charge is 0.447 e. The van der Waals surface area contributed by atoms with Crippen molar-refractivity contribution >= 4 is 34.9 Å². The highest BCUT2D eigenvalue weighted by molar-refractivity contribution is 6.33. The molecule has 9 heteroatoms. The molecule has 0 aliphatic carbocycles. The van der Waals surface area contributed by atoms with E-state index >= 15 is 0 Å². The number of amides is 1. The van der Waals surface area contributed by atoms with Gasteiger partial charge in [0.2, 0.25) is 0 Å². The van der Waals surface area contributed by atoms with Crippen molar-refractivity contribution in [2.75, 3.05) is 5.32 Å². The lowest BCUT2D eigenvalue weighted by Gasteiger charge is -2.13. The van der Waals surface area contributed by atoms with E-state index in [1.165, 1.54) is 11.4 Å². The normalized spacial score (nSPS) is 12.0. The molecular weight excluding hydrogens is 358 g/mol. The third-order valence-corrected chi connectivity index (χ3v) is 3.92. The zero-order chi connectivity index (χ0) is 18.8. The maximum absolute atomic E-state index is 12.3. The first-order chi connectivity index (χ1) is 12.3. The molecule has 8 nitrogen and oxygen atoms in total. The fourth-order valence-corrected chi connectivity index (χ4v) is 2.50. The lowest BCUT2D eigenvalue weighted by Crippen LogP contribution is -2.30. The Morgan fingerprint density at radius 1 is 1.23 bits per heavy atom. The minimum absolute atomic E-state index is 0.163. The van der Waals surface area contributed by atoms with Gasteiger partial charge in [0.05, 0.1) is 10.7 Å². The summed E-state index contributed by atoms with van der Waals surface area (Å²) in [5, 5.41) is 7.07. The number of halogens is 1. The van der Waals surface area contributed by atoms with E-state index in [2.05, 4.69) is 20.4 Å². The lowest BCUT2D eigenvalue weighted by atomic mass is 10.3. The third-order valence-electron chi connectivity index (χ3n) is 3.59. The number of ether oxygens (including phenoxy) is 1. The number of anilines is 1. The number of para-hydroxylation sites is 1. The Morgan fingerprint density at radius 2 is 1.96 bits per heavy atom. The molecule has 0 spiro atoms. The second-order valence-corrected chi connectivity index (χ2v) is 6.11. The summed E-state index contributed by atoms with van der Waals surface area (Å²) >= 11 is 6.00. The van der Waals surface area contributed by atoms with Crippen molar-refractivity contribution in [1.82, 2.24) is 19.6 Å². The Kier molecular flexibility index (Phi) is 4.85. The van der Waals surface area contributed by atoms with Gasteiger partial charge in [0.1, 0.15) is 0 Å². The van der Waals surface area contributed by atoms with Gasteiger partial charge in [0.15, 0.2) is 6.10 Å². The standard InChI is InChI=1S/C17H16ClN5O3/c1-9-8-10(2)23-17(19-9)21-14(22-23)16(25)26-11(3)15(24)20-13-7-5-4-6-12(13)18/h4-8,11H,1-3H3,(H,20,24). The SMILES string of the molecule is Cc1cc(C)n2nc(C(=O)OC(C)C(=O)Nc3ccccc3Cl)nc2n1. The molecule has 0 aliphatic heterocycles. The summed E-state index contributed by atoms with van der Waals surface area (Å²) < 4.78 is 6.59. The summed E-state index contributed by atoms with van der Waals surface area (Å²) in [5.41, 5.74) is 1.97. The topological polar surface area (TPSA) is 98.5 Å². The van der Waals surface area contributed by atoms with Crippen LogP contribution in [0.15, 0.2) is 30.3 Å². The van der Waals surface area contributed by atoms with Crippen LogP contribution in [0.4, 0.5) is 5.69 Å². The molecule has 0 bridgehead atoms. The Labute approximate surface area is 154 Å². The first-order valence-corrected chi connectivity index (χ1v) is 8.20. The predicted octanol–water partition coefficient (Wildman–Crippen LogP) is 2.58.